The van der Waals surface area contributed by atoms with Crippen molar-refractivity contribution in [1.29, 1.82) is 0 Å². The molecule has 0 fully saturated rings. The maximum Gasteiger partial charge on any atom is 0.405 e. The Morgan fingerprint density at radius 3 is 1.96 bits per heavy atom. The molecule has 0 aliphatic heterocycles. The number of benzene rings is 4. The van der Waals surface area contributed by atoms with Crippen molar-refractivity contribution in [1.82, 2.24) is 10.6 Å². The molecule has 0 heterocycles. The first-order valence-electron chi connectivity index (χ1n) is 17.0. The third-order valence-corrected chi connectivity index (χ3v) is 9.81. The van der Waals surface area contributed by atoms with E-state index in [0.717, 1.165) is 87.2 Å². The minimum absolute atomic E-state index is 0.388. The van der Waals surface area contributed by atoms with E-state index in [1.807, 2.05) is 97.9 Å². The van der Waals surface area contributed by atoms with Crippen LogP contribution in [0.4, 0.5) is 13.2 Å². The van der Waals surface area contributed by atoms with Crippen molar-refractivity contribution in [3.63, 3.8) is 0 Å². The Hall–Kier alpha value is -4.74. The summed E-state index contributed by atoms with van der Waals surface area (Å²) in [4.78, 5) is 0. The van der Waals surface area contributed by atoms with Crippen LogP contribution in [0, 0.1) is 0 Å². The van der Waals surface area contributed by atoms with Gasteiger partial charge in [-0.05, 0) is 90.3 Å². The Kier molecular flexibility index (Phi) is 11.6. The van der Waals surface area contributed by atoms with Gasteiger partial charge in [-0.1, -0.05) is 141 Å². The molecular weight excluding hydrogens is 649 g/mol. The number of rotatable bonds is 15. The molecule has 4 aromatic carbocycles. The first kappa shape index (κ1) is 36.5. The highest BCUT2D eigenvalue weighted by atomic mass is 35.5. The lowest BCUT2D eigenvalue weighted by Gasteiger charge is -2.35. The van der Waals surface area contributed by atoms with Crippen LogP contribution < -0.4 is 10.6 Å². The molecule has 0 radical (unpaired) electrons. The molecule has 2 nitrogen and oxygen atoms in total. The second kappa shape index (κ2) is 15.9. The molecule has 4 aromatic rings. The van der Waals surface area contributed by atoms with E-state index < -0.39 is 18.1 Å². The molecule has 6 heteroatoms. The SMILES string of the molecule is C=C(CCCCCC1(C(=C)NCC(F)(F)F)c2ccccc2-c2ccccc21)/C(C)=C\C(=C/C)NC(=C)c1ccccc1-c1ccc(Cl)cc1. The fourth-order valence-corrected chi connectivity index (χ4v) is 7.05. The summed E-state index contributed by atoms with van der Waals surface area (Å²) in [5.74, 6) is 0. The fourth-order valence-electron chi connectivity index (χ4n) is 6.93. The normalized spacial score (nSPS) is 13.7. The van der Waals surface area contributed by atoms with Crippen LogP contribution in [0.2, 0.25) is 5.02 Å². The van der Waals surface area contributed by atoms with Crippen molar-refractivity contribution in [2.75, 3.05) is 6.54 Å². The van der Waals surface area contributed by atoms with Crippen LogP contribution in [0.5, 0.6) is 0 Å². The second-order valence-corrected chi connectivity index (χ2v) is 13.3. The lowest BCUT2D eigenvalue weighted by atomic mass is 9.71. The van der Waals surface area contributed by atoms with Crippen LogP contribution in [-0.4, -0.2) is 12.7 Å². The molecule has 0 saturated heterocycles. The second-order valence-electron chi connectivity index (χ2n) is 12.8. The predicted octanol–water partition coefficient (Wildman–Crippen LogP) is 12.6. The molecule has 1 aliphatic rings. The van der Waals surface area contributed by atoms with Gasteiger partial charge >= 0.3 is 6.18 Å². The van der Waals surface area contributed by atoms with Crippen LogP contribution in [0.15, 0.2) is 151 Å². The molecule has 2 N–H and O–H groups in total. The first-order chi connectivity index (χ1) is 23.9. The molecule has 50 heavy (non-hydrogen) atoms. The summed E-state index contributed by atoms with van der Waals surface area (Å²) < 4.78 is 39.9. The molecule has 0 atom stereocenters. The van der Waals surface area contributed by atoms with E-state index in [1.165, 1.54) is 0 Å². The number of allylic oxidation sites excluding steroid dienone is 5. The van der Waals surface area contributed by atoms with E-state index in [9.17, 15) is 13.2 Å². The molecule has 0 saturated carbocycles. The van der Waals surface area contributed by atoms with Gasteiger partial charge < -0.3 is 10.6 Å². The zero-order chi connectivity index (χ0) is 35.9. The zero-order valence-electron chi connectivity index (χ0n) is 28.8. The fraction of sp³-hybridized carbons (Fsp3) is 0.227. The van der Waals surface area contributed by atoms with Gasteiger partial charge in [0.25, 0.3) is 0 Å². The van der Waals surface area contributed by atoms with Gasteiger partial charge in [-0.25, -0.2) is 0 Å². The highest BCUT2D eigenvalue weighted by molar-refractivity contribution is 6.30. The Labute approximate surface area is 299 Å². The van der Waals surface area contributed by atoms with Gasteiger partial charge in [0.2, 0.25) is 0 Å². The van der Waals surface area contributed by atoms with Crippen molar-refractivity contribution >= 4 is 17.3 Å². The van der Waals surface area contributed by atoms with E-state index in [1.54, 1.807) is 0 Å². The molecule has 1 aliphatic carbocycles. The van der Waals surface area contributed by atoms with Gasteiger partial charge in [0.1, 0.15) is 6.54 Å². The van der Waals surface area contributed by atoms with E-state index in [0.29, 0.717) is 17.1 Å². The summed E-state index contributed by atoms with van der Waals surface area (Å²) >= 11 is 6.12. The number of fused-ring (bicyclic) bond motifs is 3. The summed E-state index contributed by atoms with van der Waals surface area (Å²) in [5, 5.41) is 6.84. The minimum Gasteiger partial charge on any atom is -0.379 e. The van der Waals surface area contributed by atoms with Crippen LogP contribution in [0.1, 0.15) is 62.6 Å². The highest BCUT2D eigenvalue weighted by Gasteiger charge is 2.45. The highest BCUT2D eigenvalue weighted by Crippen LogP contribution is 2.54. The van der Waals surface area contributed by atoms with Gasteiger partial charge in [-0.2, -0.15) is 13.2 Å². The number of hydrogen-bond donors (Lipinski definition) is 2. The van der Waals surface area contributed by atoms with Crippen LogP contribution in [0.25, 0.3) is 28.0 Å². The molecule has 0 unspecified atom stereocenters. The topological polar surface area (TPSA) is 24.1 Å². The van der Waals surface area contributed by atoms with Crippen molar-refractivity contribution in [2.45, 2.75) is 57.5 Å². The van der Waals surface area contributed by atoms with Crippen LogP contribution in [0.3, 0.4) is 0 Å². The quantitative estimate of drug-likeness (QED) is 0.0957. The number of alkyl halides is 3. The maximum atomic E-state index is 13.3. The van der Waals surface area contributed by atoms with Gasteiger partial charge in [-0.3, -0.25) is 0 Å². The standard InChI is InChI=1S/C44H44ClF3N2/c1-6-36(50-32(4)37-17-9-10-18-38(37)34-23-25-35(45)26-24-34)28-31(3)30(2)16-8-7-15-27-43(33(5)49-29-44(46,47)48)41-21-13-11-19-39(41)40-20-12-14-22-42(40)43/h6,9-14,17-26,28,49-50H,2,4-5,7-8,15-16,27,29H2,1,3H3/b31-28-,36-6+. The van der Waals surface area contributed by atoms with Crippen molar-refractivity contribution in [2.24, 2.45) is 0 Å². The number of nitrogens with one attached hydrogen (secondary N) is 2. The van der Waals surface area contributed by atoms with E-state index in [2.05, 4.69) is 55.5 Å². The molecule has 0 amide bonds. The van der Waals surface area contributed by atoms with E-state index >= 15 is 0 Å². The Bertz CT molecular complexity index is 1890. The molecular formula is C44H44ClF3N2. The number of unbranched alkanes of at least 4 members (excludes halogenated alkanes) is 2. The summed E-state index contributed by atoms with van der Waals surface area (Å²) in [5.41, 5.74) is 10.7. The smallest absolute Gasteiger partial charge is 0.379 e. The third-order valence-electron chi connectivity index (χ3n) is 9.55. The van der Waals surface area contributed by atoms with Crippen molar-refractivity contribution in [3.05, 3.63) is 173 Å². The lowest BCUT2D eigenvalue weighted by molar-refractivity contribution is -0.123. The Morgan fingerprint density at radius 2 is 1.36 bits per heavy atom. The molecule has 0 spiro atoms. The third kappa shape index (κ3) is 8.17. The first-order valence-corrected chi connectivity index (χ1v) is 17.4. The molecule has 258 valence electrons. The van der Waals surface area contributed by atoms with Gasteiger partial charge in [0.15, 0.2) is 0 Å². The Balaban J connectivity index is 1.22. The van der Waals surface area contributed by atoms with Gasteiger partial charge in [0, 0.05) is 27.7 Å². The summed E-state index contributed by atoms with van der Waals surface area (Å²) in [6.07, 6.45) is 3.86. The Morgan fingerprint density at radius 1 is 0.780 bits per heavy atom. The van der Waals surface area contributed by atoms with Gasteiger partial charge in [-0.15, -0.1) is 0 Å². The van der Waals surface area contributed by atoms with E-state index in [-0.39, 0.29) is 0 Å². The van der Waals surface area contributed by atoms with Crippen LogP contribution >= 0.6 is 11.6 Å². The lowest BCUT2D eigenvalue weighted by Crippen LogP contribution is -2.39. The van der Waals surface area contributed by atoms with Crippen molar-refractivity contribution < 1.29 is 13.2 Å². The average Bonchev–Trinajstić information content (AvgIpc) is 3.40. The average molecular weight is 693 g/mol. The largest absolute Gasteiger partial charge is 0.405 e. The number of hydrogen-bond acceptors (Lipinski definition) is 2. The summed E-state index contributed by atoms with van der Waals surface area (Å²) in [6, 6.07) is 31.9. The minimum atomic E-state index is -4.34. The maximum absolute atomic E-state index is 13.3. The monoisotopic (exact) mass is 692 g/mol. The summed E-state index contributed by atoms with van der Waals surface area (Å²) in [6.45, 7) is 15.9. The molecule has 0 bridgehead atoms. The van der Waals surface area contributed by atoms with Crippen LogP contribution in [-0.2, 0) is 5.41 Å². The summed E-state index contributed by atoms with van der Waals surface area (Å²) in [7, 11) is 0. The zero-order valence-corrected chi connectivity index (χ0v) is 29.5. The molecule has 0 aromatic heterocycles. The van der Waals surface area contributed by atoms with Crippen molar-refractivity contribution in [3.8, 4) is 22.3 Å². The van der Waals surface area contributed by atoms with Gasteiger partial charge in [0.05, 0.1) is 5.41 Å². The molecule has 5 rings (SSSR count). The number of halogens is 4. The predicted molar refractivity (Wildman–Crippen MR) is 205 cm³/mol. The van der Waals surface area contributed by atoms with E-state index in [4.69, 9.17) is 11.6 Å².